The monoisotopic (exact) mass is 357 g/mol. The van der Waals surface area contributed by atoms with Gasteiger partial charge in [-0.1, -0.05) is 17.7 Å². The Morgan fingerprint density at radius 1 is 1.04 bits per heavy atom. The molecule has 3 amide bonds. The Kier molecular flexibility index (Phi) is 4.02. The molecule has 1 heterocycles. The minimum atomic E-state index is -1.44. The number of carbonyl (C=O) groups is 4. The molecule has 0 aliphatic carbocycles. The molecule has 0 aromatic heterocycles. The number of amides is 3. The summed E-state index contributed by atoms with van der Waals surface area (Å²) >= 11 is 5.99. The number of carboxylic acid groups (broad SMARTS) is 1. The Morgan fingerprint density at radius 3 is 2.36 bits per heavy atom. The van der Waals surface area contributed by atoms with E-state index in [4.69, 9.17) is 11.6 Å². The number of aromatic carboxylic acids is 1. The van der Waals surface area contributed by atoms with Crippen molar-refractivity contribution in [3.63, 3.8) is 0 Å². The number of hydrogen-bond acceptors (Lipinski definition) is 5. The fraction of sp³-hybridized carbons (Fsp3) is 0.0588. The van der Waals surface area contributed by atoms with Crippen LogP contribution in [0.25, 0.3) is 0 Å². The predicted octanol–water partition coefficient (Wildman–Crippen LogP) is 1.46. The Morgan fingerprint density at radius 2 is 1.72 bits per heavy atom. The van der Waals surface area contributed by atoms with Crippen molar-refractivity contribution < 1.29 is 24.3 Å². The van der Waals surface area contributed by atoms with Crippen LogP contribution in [0.5, 0.6) is 0 Å². The number of benzene rings is 2. The Balaban J connectivity index is 2.05. The minimum absolute atomic E-state index is 0.0253. The number of hydrogen-bond donors (Lipinski definition) is 1. The van der Waals surface area contributed by atoms with Crippen LogP contribution in [0, 0.1) is 0 Å². The van der Waals surface area contributed by atoms with Crippen LogP contribution in [-0.2, 0) is 4.79 Å². The number of carboxylic acids is 1. The van der Waals surface area contributed by atoms with Gasteiger partial charge in [0.25, 0.3) is 11.8 Å². The van der Waals surface area contributed by atoms with Crippen LogP contribution in [0.15, 0.2) is 36.4 Å². The maximum Gasteiger partial charge on any atom is 0.266 e. The first-order valence-corrected chi connectivity index (χ1v) is 7.48. The van der Waals surface area contributed by atoms with Crippen LogP contribution >= 0.6 is 11.6 Å². The number of carbonyl (C=O) groups excluding carboxylic acids is 4. The molecule has 8 heteroatoms. The lowest BCUT2D eigenvalue weighted by Crippen LogP contribution is -2.29. The smallest absolute Gasteiger partial charge is 0.266 e. The van der Waals surface area contributed by atoms with E-state index in [0.717, 1.165) is 11.0 Å². The quantitative estimate of drug-likeness (QED) is 0.837. The maximum absolute atomic E-state index is 12.6. The summed E-state index contributed by atoms with van der Waals surface area (Å²) in [4.78, 5) is 48.2. The van der Waals surface area contributed by atoms with E-state index in [-0.39, 0.29) is 39.0 Å². The van der Waals surface area contributed by atoms with Gasteiger partial charge < -0.3 is 15.2 Å². The van der Waals surface area contributed by atoms with Gasteiger partial charge in [-0.15, -0.1) is 0 Å². The van der Waals surface area contributed by atoms with Crippen LogP contribution in [0.2, 0.25) is 5.02 Å². The molecule has 3 rings (SSSR count). The second kappa shape index (κ2) is 6.03. The fourth-order valence-corrected chi connectivity index (χ4v) is 2.70. The summed E-state index contributed by atoms with van der Waals surface area (Å²) < 4.78 is 0. The van der Waals surface area contributed by atoms with Gasteiger partial charge in [-0.05, 0) is 35.9 Å². The van der Waals surface area contributed by atoms with Gasteiger partial charge in [-0.3, -0.25) is 14.4 Å². The van der Waals surface area contributed by atoms with Crippen molar-refractivity contribution in [3.05, 3.63) is 58.1 Å². The number of rotatable bonds is 3. The average molecular weight is 358 g/mol. The zero-order valence-corrected chi connectivity index (χ0v) is 13.6. The van der Waals surface area contributed by atoms with Crippen LogP contribution in [0.1, 0.15) is 38.0 Å². The second-order valence-corrected chi connectivity index (χ2v) is 5.75. The highest BCUT2D eigenvalue weighted by Gasteiger charge is 2.37. The van der Waals surface area contributed by atoms with Gasteiger partial charge in [-0.25, -0.2) is 4.90 Å². The zero-order valence-electron chi connectivity index (χ0n) is 12.8. The molecule has 2 aromatic carbocycles. The molecule has 0 atom stereocenters. The summed E-state index contributed by atoms with van der Waals surface area (Å²) in [6.45, 7) is 1.30. The molecule has 0 saturated heterocycles. The SMILES string of the molecule is CC(=O)Nc1cc(N2C(=O)c3ccc(C(=O)[O-])cc3C2=O)ccc1Cl. The summed E-state index contributed by atoms with van der Waals surface area (Å²) in [5.74, 6) is -3.07. The highest BCUT2D eigenvalue weighted by molar-refractivity contribution is 6.36. The van der Waals surface area contributed by atoms with Gasteiger partial charge in [0.05, 0.1) is 33.5 Å². The van der Waals surface area contributed by atoms with E-state index in [1.54, 1.807) is 0 Å². The van der Waals surface area contributed by atoms with E-state index < -0.39 is 17.8 Å². The molecule has 1 aliphatic rings. The maximum atomic E-state index is 12.6. The first-order valence-electron chi connectivity index (χ1n) is 7.11. The lowest BCUT2D eigenvalue weighted by molar-refractivity contribution is -0.255. The second-order valence-electron chi connectivity index (χ2n) is 5.34. The summed E-state index contributed by atoms with van der Waals surface area (Å²) in [5.41, 5.74) is 0.318. The molecule has 0 bridgehead atoms. The number of imide groups is 1. The molecular weight excluding hydrogens is 348 g/mol. The summed E-state index contributed by atoms with van der Waals surface area (Å²) in [5, 5.41) is 13.7. The summed E-state index contributed by atoms with van der Waals surface area (Å²) in [6, 6.07) is 7.87. The van der Waals surface area contributed by atoms with Crippen molar-refractivity contribution in [3.8, 4) is 0 Å². The lowest BCUT2D eigenvalue weighted by Gasteiger charge is -2.16. The molecule has 1 N–H and O–H groups in total. The minimum Gasteiger partial charge on any atom is -0.545 e. The molecule has 2 aromatic rings. The van der Waals surface area contributed by atoms with Gasteiger partial charge in [-0.2, -0.15) is 0 Å². The van der Waals surface area contributed by atoms with E-state index in [9.17, 15) is 24.3 Å². The van der Waals surface area contributed by atoms with Crippen LogP contribution in [0.3, 0.4) is 0 Å². The van der Waals surface area contributed by atoms with E-state index in [2.05, 4.69) is 5.32 Å². The first-order chi connectivity index (χ1) is 11.8. The predicted molar refractivity (Wildman–Crippen MR) is 87.7 cm³/mol. The number of anilines is 2. The first kappa shape index (κ1) is 16.7. The van der Waals surface area contributed by atoms with Crippen molar-refractivity contribution in [2.45, 2.75) is 6.92 Å². The molecule has 1 aliphatic heterocycles. The molecule has 0 unspecified atom stereocenters. The molecular formula is C17H10ClN2O5-. The Labute approximate surface area is 146 Å². The third kappa shape index (κ3) is 2.85. The van der Waals surface area contributed by atoms with Crippen molar-refractivity contribution in [1.82, 2.24) is 0 Å². The van der Waals surface area contributed by atoms with Crippen LogP contribution in [-0.4, -0.2) is 23.7 Å². The lowest BCUT2D eigenvalue weighted by atomic mass is 10.1. The summed E-state index contributed by atoms with van der Waals surface area (Å²) in [7, 11) is 0. The number of halogens is 1. The third-order valence-electron chi connectivity index (χ3n) is 3.64. The van der Waals surface area contributed by atoms with Crippen LogP contribution < -0.4 is 15.3 Å². The van der Waals surface area contributed by atoms with E-state index in [1.807, 2.05) is 0 Å². The van der Waals surface area contributed by atoms with Gasteiger partial charge in [0.1, 0.15) is 0 Å². The number of fused-ring (bicyclic) bond motifs is 1. The molecule has 0 radical (unpaired) electrons. The van der Waals surface area contributed by atoms with Crippen LogP contribution in [0.4, 0.5) is 11.4 Å². The Hall–Kier alpha value is -3.19. The summed E-state index contributed by atoms with van der Waals surface area (Å²) in [6.07, 6.45) is 0. The van der Waals surface area contributed by atoms with Crippen molar-refractivity contribution in [1.29, 1.82) is 0 Å². The molecule has 25 heavy (non-hydrogen) atoms. The molecule has 126 valence electrons. The topological polar surface area (TPSA) is 107 Å². The molecule has 0 spiro atoms. The largest absolute Gasteiger partial charge is 0.545 e. The van der Waals surface area contributed by atoms with Gasteiger partial charge in [0.15, 0.2) is 0 Å². The van der Waals surface area contributed by atoms with Crippen molar-refractivity contribution in [2.75, 3.05) is 10.2 Å². The third-order valence-corrected chi connectivity index (χ3v) is 3.97. The van der Waals surface area contributed by atoms with Gasteiger partial charge >= 0.3 is 0 Å². The van der Waals surface area contributed by atoms with Crippen molar-refractivity contribution >= 4 is 46.7 Å². The van der Waals surface area contributed by atoms with Gasteiger partial charge in [0.2, 0.25) is 5.91 Å². The van der Waals surface area contributed by atoms with E-state index in [0.29, 0.717) is 0 Å². The van der Waals surface area contributed by atoms with Crippen molar-refractivity contribution in [2.24, 2.45) is 0 Å². The molecule has 7 nitrogen and oxygen atoms in total. The normalized spacial score (nSPS) is 13.0. The fourth-order valence-electron chi connectivity index (χ4n) is 2.54. The highest BCUT2D eigenvalue weighted by Crippen LogP contribution is 2.33. The zero-order chi connectivity index (χ0) is 18.3. The van der Waals surface area contributed by atoms with Gasteiger partial charge in [0, 0.05) is 6.92 Å². The molecule has 0 fully saturated rings. The van der Waals surface area contributed by atoms with E-state index in [1.165, 1.54) is 37.3 Å². The average Bonchev–Trinajstić information content (AvgIpc) is 2.80. The number of nitrogens with one attached hydrogen (secondary N) is 1. The molecule has 0 saturated carbocycles. The van der Waals surface area contributed by atoms with E-state index >= 15 is 0 Å². The number of nitrogens with zero attached hydrogens (tertiary/aromatic N) is 1. The Bertz CT molecular complexity index is 954. The highest BCUT2D eigenvalue weighted by atomic mass is 35.5. The standard InChI is InChI=1S/C17H11ClN2O5/c1-8(21)19-14-7-10(3-5-13(14)18)20-15(22)11-4-2-9(17(24)25)6-12(11)16(20)23/h2-7H,1H3,(H,19,21)(H,24,25)/p-1.